The van der Waals surface area contributed by atoms with E-state index in [4.69, 9.17) is 4.74 Å². The standard InChI is InChI=1S/C15H19BrN4O/c1-11-10-12(16)4-5-13(11)19-15-18-8-6-14(20-15)17-7-3-9-21-2/h4-6,8,10H,3,7,9H2,1-2H3,(H2,17,18,19,20). The molecule has 0 atom stereocenters. The van der Waals surface area contributed by atoms with Crippen LogP contribution >= 0.6 is 15.9 Å². The number of hydrogen-bond acceptors (Lipinski definition) is 5. The maximum absolute atomic E-state index is 5.02. The molecule has 6 heteroatoms. The molecule has 2 N–H and O–H groups in total. The van der Waals surface area contributed by atoms with Crippen LogP contribution in [0.4, 0.5) is 17.5 Å². The fourth-order valence-corrected chi connectivity index (χ4v) is 2.31. The molecule has 0 unspecified atom stereocenters. The van der Waals surface area contributed by atoms with Crippen molar-refractivity contribution in [3.8, 4) is 0 Å². The van der Waals surface area contributed by atoms with Gasteiger partial charge in [-0.1, -0.05) is 15.9 Å². The molecule has 0 spiro atoms. The van der Waals surface area contributed by atoms with Gasteiger partial charge in [-0.3, -0.25) is 0 Å². The Bertz CT molecular complexity index is 592. The molecule has 0 aliphatic rings. The number of nitrogens with one attached hydrogen (secondary N) is 2. The third-order valence-electron chi connectivity index (χ3n) is 2.92. The Hall–Kier alpha value is -1.66. The largest absolute Gasteiger partial charge is 0.385 e. The Morgan fingerprint density at radius 2 is 2.14 bits per heavy atom. The zero-order valence-electron chi connectivity index (χ0n) is 12.2. The zero-order valence-corrected chi connectivity index (χ0v) is 13.8. The summed E-state index contributed by atoms with van der Waals surface area (Å²) >= 11 is 3.46. The minimum Gasteiger partial charge on any atom is -0.385 e. The predicted molar refractivity (Wildman–Crippen MR) is 89.2 cm³/mol. The lowest BCUT2D eigenvalue weighted by molar-refractivity contribution is 0.198. The molecule has 0 fully saturated rings. The van der Waals surface area contributed by atoms with Crippen LogP contribution in [0.25, 0.3) is 0 Å². The highest BCUT2D eigenvalue weighted by atomic mass is 79.9. The van der Waals surface area contributed by atoms with E-state index < -0.39 is 0 Å². The van der Waals surface area contributed by atoms with Crippen LogP contribution in [0.2, 0.25) is 0 Å². The van der Waals surface area contributed by atoms with Crippen LogP contribution in [0.1, 0.15) is 12.0 Å². The van der Waals surface area contributed by atoms with Gasteiger partial charge in [0.15, 0.2) is 0 Å². The molecule has 0 aliphatic carbocycles. The van der Waals surface area contributed by atoms with E-state index in [1.165, 1.54) is 0 Å². The molecule has 0 saturated carbocycles. The molecule has 0 saturated heterocycles. The highest BCUT2D eigenvalue weighted by molar-refractivity contribution is 9.10. The molecule has 112 valence electrons. The molecule has 1 heterocycles. The number of aryl methyl sites for hydroxylation is 1. The quantitative estimate of drug-likeness (QED) is 0.745. The van der Waals surface area contributed by atoms with Gasteiger partial charge in [0, 0.05) is 36.6 Å². The fraction of sp³-hybridized carbons (Fsp3) is 0.333. The summed E-state index contributed by atoms with van der Waals surface area (Å²) in [6, 6.07) is 7.89. The van der Waals surface area contributed by atoms with Crippen molar-refractivity contribution < 1.29 is 4.74 Å². The molecule has 1 aromatic heterocycles. The van der Waals surface area contributed by atoms with E-state index in [0.29, 0.717) is 5.95 Å². The molecule has 2 aromatic rings. The van der Waals surface area contributed by atoms with Crippen molar-refractivity contribution in [3.63, 3.8) is 0 Å². The number of nitrogens with zero attached hydrogens (tertiary/aromatic N) is 2. The van der Waals surface area contributed by atoms with E-state index in [1.54, 1.807) is 13.3 Å². The van der Waals surface area contributed by atoms with Crippen molar-refractivity contribution in [2.75, 3.05) is 30.9 Å². The van der Waals surface area contributed by atoms with Gasteiger partial charge in [0.1, 0.15) is 5.82 Å². The number of hydrogen-bond donors (Lipinski definition) is 2. The van der Waals surface area contributed by atoms with Crippen LogP contribution in [0.5, 0.6) is 0 Å². The lowest BCUT2D eigenvalue weighted by Gasteiger charge is -2.10. The first-order valence-electron chi connectivity index (χ1n) is 6.78. The van der Waals surface area contributed by atoms with Gasteiger partial charge in [0.05, 0.1) is 0 Å². The van der Waals surface area contributed by atoms with Gasteiger partial charge in [-0.05, 0) is 43.2 Å². The second-order valence-corrected chi connectivity index (χ2v) is 5.54. The highest BCUT2D eigenvalue weighted by Crippen LogP contribution is 2.22. The first-order chi connectivity index (χ1) is 10.2. The minimum atomic E-state index is 0.581. The summed E-state index contributed by atoms with van der Waals surface area (Å²) in [5, 5.41) is 6.48. The molecule has 0 aliphatic heterocycles. The van der Waals surface area contributed by atoms with Crippen LogP contribution in [-0.4, -0.2) is 30.2 Å². The van der Waals surface area contributed by atoms with E-state index in [1.807, 2.05) is 25.1 Å². The second-order valence-electron chi connectivity index (χ2n) is 4.62. The Morgan fingerprint density at radius 3 is 2.90 bits per heavy atom. The first kappa shape index (κ1) is 15.7. The Balaban J connectivity index is 2.00. The molecule has 2 rings (SSSR count). The van der Waals surface area contributed by atoms with Crippen molar-refractivity contribution in [1.82, 2.24) is 9.97 Å². The van der Waals surface area contributed by atoms with Gasteiger partial charge >= 0.3 is 0 Å². The number of aromatic nitrogens is 2. The summed E-state index contributed by atoms with van der Waals surface area (Å²) in [5.74, 6) is 1.38. The first-order valence-corrected chi connectivity index (χ1v) is 7.57. The van der Waals surface area contributed by atoms with Gasteiger partial charge in [-0.2, -0.15) is 4.98 Å². The Kier molecular flexibility index (Phi) is 5.95. The van der Waals surface area contributed by atoms with Crippen molar-refractivity contribution >= 4 is 33.4 Å². The SMILES string of the molecule is COCCCNc1ccnc(Nc2ccc(Br)cc2C)n1. The van der Waals surface area contributed by atoms with Crippen LogP contribution in [0.15, 0.2) is 34.9 Å². The predicted octanol–water partition coefficient (Wildman–Crippen LogP) is 3.74. The van der Waals surface area contributed by atoms with E-state index in [-0.39, 0.29) is 0 Å². The molecule has 5 nitrogen and oxygen atoms in total. The molecule has 0 radical (unpaired) electrons. The Morgan fingerprint density at radius 1 is 1.29 bits per heavy atom. The highest BCUT2D eigenvalue weighted by Gasteiger charge is 2.03. The number of benzene rings is 1. The van der Waals surface area contributed by atoms with Crippen LogP contribution < -0.4 is 10.6 Å². The van der Waals surface area contributed by atoms with Crippen molar-refractivity contribution in [3.05, 3.63) is 40.5 Å². The molecular weight excluding hydrogens is 332 g/mol. The van der Waals surface area contributed by atoms with E-state index in [0.717, 1.165) is 41.1 Å². The number of halogens is 1. The normalized spacial score (nSPS) is 10.4. The van der Waals surface area contributed by atoms with Gasteiger partial charge in [-0.25, -0.2) is 4.98 Å². The summed E-state index contributed by atoms with van der Waals surface area (Å²) in [6.07, 6.45) is 2.68. The van der Waals surface area contributed by atoms with Gasteiger partial charge in [0.2, 0.25) is 5.95 Å². The molecule has 21 heavy (non-hydrogen) atoms. The van der Waals surface area contributed by atoms with Crippen molar-refractivity contribution in [2.24, 2.45) is 0 Å². The smallest absolute Gasteiger partial charge is 0.229 e. The third-order valence-corrected chi connectivity index (χ3v) is 3.42. The number of rotatable bonds is 7. The van der Waals surface area contributed by atoms with Gasteiger partial charge in [0.25, 0.3) is 0 Å². The van der Waals surface area contributed by atoms with Gasteiger partial charge < -0.3 is 15.4 Å². The average molecular weight is 351 g/mol. The molecular formula is C15H19BrN4O. The van der Waals surface area contributed by atoms with Gasteiger partial charge in [-0.15, -0.1) is 0 Å². The maximum atomic E-state index is 5.02. The van der Waals surface area contributed by atoms with Crippen LogP contribution in [-0.2, 0) is 4.74 Å². The summed E-state index contributed by atoms with van der Waals surface area (Å²) in [4.78, 5) is 8.69. The fourth-order valence-electron chi connectivity index (χ4n) is 1.84. The molecule has 0 bridgehead atoms. The van der Waals surface area contributed by atoms with Crippen LogP contribution in [0, 0.1) is 6.92 Å². The zero-order chi connectivity index (χ0) is 15.1. The Labute approximate surface area is 133 Å². The van der Waals surface area contributed by atoms with E-state index in [2.05, 4.69) is 42.6 Å². The second kappa shape index (κ2) is 7.95. The van der Waals surface area contributed by atoms with Crippen molar-refractivity contribution in [1.29, 1.82) is 0 Å². The monoisotopic (exact) mass is 350 g/mol. The summed E-state index contributed by atoms with van der Waals surface area (Å²) < 4.78 is 6.07. The summed E-state index contributed by atoms with van der Waals surface area (Å²) in [6.45, 7) is 3.60. The third kappa shape index (κ3) is 4.99. The van der Waals surface area contributed by atoms with Crippen molar-refractivity contribution in [2.45, 2.75) is 13.3 Å². The summed E-state index contributed by atoms with van der Waals surface area (Å²) in [5.41, 5.74) is 2.13. The molecule has 1 aromatic carbocycles. The maximum Gasteiger partial charge on any atom is 0.229 e. The minimum absolute atomic E-state index is 0.581. The van der Waals surface area contributed by atoms with E-state index >= 15 is 0 Å². The molecule has 0 amide bonds. The number of anilines is 3. The lowest BCUT2D eigenvalue weighted by Crippen LogP contribution is -2.07. The van der Waals surface area contributed by atoms with E-state index in [9.17, 15) is 0 Å². The van der Waals surface area contributed by atoms with Crippen LogP contribution in [0.3, 0.4) is 0 Å². The number of methoxy groups -OCH3 is 1. The number of ether oxygens (including phenoxy) is 1. The lowest BCUT2D eigenvalue weighted by atomic mass is 10.2. The topological polar surface area (TPSA) is 59.1 Å². The average Bonchev–Trinajstić information content (AvgIpc) is 2.47. The summed E-state index contributed by atoms with van der Waals surface area (Å²) in [7, 11) is 1.70.